The number of nitrogen functional groups attached to an aromatic ring is 1. The normalized spacial score (nSPS) is 11.6. The highest BCUT2D eigenvalue weighted by molar-refractivity contribution is 7.51. The standard InChI is InChI=1S/C9H14NO4P/c10-9-3-1-2-8(6-9)4-5-14-7-15(11,12)13/h1-3,6H,4-5,7,10H2,(H2,11,12,13). The minimum Gasteiger partial charge on any atom is -0.399 e. The number of ether oxygens (including phenoxy) is 1. The maximum atomic E-state index is 10.4. The van der Waals surface area contributed by atoms with Gasteiger partial charge in [-0.2, -0.15) is 0 Å². The number of hydrogen-bond donors (Lipinski definition) is 3. The zero-order chi connectivity index (χ0) is 11.3. The van der Waals surface area contributed by atoms with E-state index in [0.717, 1.165) is 5.56 Å². The first kappa shape index (κ1) is 12.2. The van der Waals surface area contributed by atoms with Crippen molar-refractivity contribution in [2.75, 3.05) is 18.7 Å². The highest BCUT2D eigenvalue weighted by Crippen LogP contribution is 2.33. The summed E-state index contributed by atoms with van der Waals surface area (Å²) in [6.07, 6.45) is 0.0559. The summed E-state index contributed by atoms with van der Waals surface area (Å²) in [5.74, 6) is 0. The molecular formula is C9H14NO4P. The Morgan fingerprint density at radius 1 is 1.40 bits per heavy atom. The topological polar surface area (TPSA) is 92.8 Å². The van der Waals surface area contributed by atoms with Crippen molar-refractivity contribution in [1.82, 2.24) is 0 Å². The fraction of sp³-hybridized carbons (Fsp3) is 0.333. The van der Waals surface area contributed by atoms with E-state index in [2.05, 4.69) is 0 Å². The summed E-state index contributed by atoms with van der Waals surface area (Å²) in [6.45, 7) is 0.272. The molecule has 0 aromatic heterocycles. The molecule has 1 aromatic rings. The van der Waals surface area contributed by atoms with Gasteiger partial charge in [-0.1, -0.05) is 12.1 Å². The van der Waals surface area contributed by atoms with E-state index in [1.165, 1.54) is 0 Å². The molecule has 84 valence electrons. The van der Waals surface area contributed by atoms with E-state index in [1.54, 1.807) is 12.1 Å². The van der Waals surface area contributed by atoms with Crippen molar-refractivity contribution >= 4 is 13.3 Å². The SMILES string of the molecule is Nc1cccc(CCOCP(=O)(O)O)c1. The fourth-order valence-corrected chi connectivity index (χ4v) is 1.49. The molecule has 0 heterocycles. The van der Waals surface area contributed by atoms with Crippen LogP contribution in [0.2, 0.25) is 0 Å². The fourth-order valence-electron chi connectivity index (χ4n) is 1.12. The van der Waals surface area contributed by atoms with Gasteiger partial charge >= 0.3 is 7.60 Å². The smallest absolute Gasteiger partial charge is 0.350 e. The molecule has 0 saturated carbocycles. The Balaban J connectivity index is 2.29. The van der Waals surface area contributed by atoms with E-state index < -0.39 is 13.9 Å². The zero-order valence-corrected chi connectivity index (χ0v) is 9.06. The lowest BCUT2D eigenvalue weighted by Gasteiger charge is -2.06. The Hall–Kier alpha value is -0.870. The molecule has 0 amide bonds. The van der Waals surface area contributed by atoms with Crippen LogP contribution in [-0.4, -0.2) is 22.7 Å². The van der Waals surface area contributed by atoms with Gasteiger partial charge in [0.05, 0.1) is 6.61 Å². The minimum atomic E-state index is -4.04. The van der Waals surface area contributed by atoms with Crippen molar-refractivity contribution < 1.29 is 19.1 Å². The van der Waals surface area contributed by atoms with Gasteiger partial charge in [-0.15, -0.1) is 0 Å². The first-order valence-electron chi connectivity index (χ1n) is 4.44. The maximum Gasteiger partial charge on any atom is 0.350 e. The Morgan fingerprint density at radius 2 is 2.13 bits per heavy atom. The van der Waals surface area contributed by atoms with Gasteiger partial charge in [0.25, 0.3) is 0 Å². The summed E-state index contributed by atoms with van der Waals surface area (Å²) in [4.78, 5) is 17.1. The molecule has 5 nitrogen and oxygen atoms in total. The zero-order valence-electron chi connectivity index (χ0n) is 8.17. The summed E-state index contributed by atoms with van der Waals surface area (Å²) in [6, 6.07) is 7.30. The van der Waals surface area contributed by atoms with Crippen LogP contribution in [0, 0.1) is 0 Å². The molecule has 0 fully saturated rings. The quantitative estimate of drug-likeness (QED) is 0.399. The summed E-state index contributed by atoms with van der Waals surface area (Å²) >= 11 is 0. The highest BCUT2D eigenvalue weighted by Gasteiger charge is 2.11. The Morgan fingerprint density at radius 3 is 2.73 bits per heavy atom. The molecule has 0 radical (unpaired) electrons. The lowest BCUT2D eigenvalue weighted by atomic mass is 10.1. The van der Waals surface area contributed by atoms with Crippen molar-refractivity contribution in [2.45, 2.75) is 6.42 Å². The third-order valence-electron chi connectivity index (χ3n) is 1.75. The van der Waals surface area contributed by atoms with Gasteiger partial charge in [0.2, 0.25) is 0 Å². The van der Waals surface area contributed by atoms with Crippen LogP contribution in [0.15, 0.2) is 24.3 Å². The summed E-state index contributed by atoms with van der Waals surface area (Å²) in [5, 5.41) is 0. The van der Waals surface area contributed by atoms with Crippen LogP contribution < -0.4 is 5.73 Å². The summed E-state index contributed by atoms with van der Waals surface area (Å²) in [7, 11) is -4.04. The minimum absolute atomic E-state index is 0.272. The molecule has 1 aromatic carbocycles. The Bertz CT molecular complexity index is 363. The second kappa shape index (κ2) is 5.28. The number of nitrogens with two attached hydrogens (primary N) is 1. The average Bonchev–Trinajstić information content (AvgIpc) is 2.11. The van der Waals surface area contributed by atoms with E-state index in [1.807, 2.05) is 12.1 Å². The lowest BCUT2D eigenvalue weighted by Crippen LogP contribution is -2.01. The van der Waals surface area contributed by atoms with Crippen LogP contribution in [0.3, 0.4) is 0 Å². The second-order valence-corrected chi connectivity index (χ2v) is 4.78. The molecule has 0 bridgehead atoms. The monoisotopic (exact) mass is 231 g/mol. The van der Waals surface area contributed by atoms with Crippen molar-refractivity contribution in [3.8, 4) is 0 Å². The Kier molecular flexibility index (Phi) is 4.29. The molecular weight excluding hydrogens is 217 g/mol. The lowest BCUT2D eigenvalue weighted by molar-refractivity contribution is 0.160. The molecule has 15 heavy (non-hydrogen) atoms. The first-order chi connectivity index (χ1) is 6.97. The van der Waals surface area contributed by atoms with Crippen LogP contribution in [0.25, 0.3) is 0 Å². The van der Waals surface area contributed by atoms with Crippen LogP contribution in [0.4, 0.5) is 5.69 Å². The van der Waals surface area contributed by atoms with Gasteiger partial charge in [-0.25, -0.2) is 0 Å². The predicted molar refractivity (Wildman–Crippen MR) is 57.4 cm³/mol. The van der Waals surface area contributed by atoms with E-state index in [9.17, 15) is 4.57 Å². The number of benzene rings is 1. The molecule has 0 spiro atoms. The van der Waals surface area contributed by atoms with Gasteiger partial charge in [0.1, 0.15) is 6.35 Å². The van der Waals surface area contributed by atoms with Gasteiger partial charge in [-0.05, 0) is 24.1 Å². The third-order valence-corrected chi connectivity index (χ3v) is 2.26. The van der Waals surface area contributed by atoms with Gasteiger partial charge in [-0.3, -0.25) is 4.57 Å². The number of anilines is 1. The molecule has 0 saturated heterocycles. The summed E-state index contributed by atoms with van der Waals surface area (Å²) < 4.78 is 15.3. The molecule has 0 unspecified atom stereocenters. The van der Waals surface area contributed by atoms with Gasteiger partial charge in [0, 0.05) is 5.69 Å². The molecule has 0 aliphatic heterocycles. The summed E-state index contributed by atoms with van der Waals surface area (Å²) in [5.41, 5.74) is 7.22. The second-order valence-electron chi connectivity index (χ2n) is 3.20. The van der Waals surface area contributed by atoms with Crippen LogP contribution in [0.5, 0.6) is 0 Å². The first-order valence-corrected chi connectivity index (χ1v) is 6.24. The molecule has 0 aliphatic rings. The van der Waals surface area contributed by atoms with E-state index >= 15 is 0 Å². The highest BCUT2D eigenvalue weighted by atomic mass is 31.2. The predicted octanol–water partition coefficient (Wildman–Crippen LogP) is 0.963. The van der Waals surface area contributed by atoms with Gasteiger partial charge in [0.15, 0.2) is 0 Å². The largest absolute Gasteiger partial charge is 0.399 e. The number of rotatable bonds is 5. The molecule has 0 atom stereocenters. The molecule has 0 aliphatic carbocycles. The van der Waals surface area contributed by atoms with E-state index in [-0.39, 0.29) is 6.61 Å². The number of hydrogen-bond acceptors (Lipinski definition) is 3. The van der Waals surface area contributed by atoms with Crippen molar-refractivity contribution in [1.29, 1.82) is 0 Å². The van der Waals surface area contributed by atoms with E-state index in [4.69, 9.17) is 20.3 Å². The van der Waals surface area contributed by atoms with E-state index in [0.29, 0.717) is 12.1 Å². The molecule has 4 N–H and O–H groups in total. The van der Waals surface area contributed by atoms with Crippen LogP contribution in [-0.2, 0) is 15.7 Å². The van der Waals surface area contributed by atoms with Crippen LogP contribution in [0.1, 0.15) is 5.56 Å². The molecule has 6 heteroatoms. The van der Waals surface area contributed by atoms with Crippen LogP contribution >= 0.6 is 7.60 Å². The van der Waals surface area contributed by atoms with Crippen molar-refractivity contribution in [3.63, 3.8) is 0 Å². The molecule has 1 rings (SSSR count). The average molecular weight is 231 g/mol. The maximum absolute atomic E-state index is 10.4. The Labute approximate surface area is 88.0 Å². The van der Waals surface area contributed by atoms with Crippen molar-refractivity contribution in [2.24, 2.45) is 0 Å². The van der Waals surface area contributed by atoms with Gasteiger partial charge < -0.3 is 20.3 Å². The van der Waals surface area contributed by atoms with Crippen molar-refractivity contribution in [3.05, 3.63) is 29.8 Å². The third kappa shape index (κ3) is 5.54.